The van der Waals surface area contributed by atoms with E-state index in [1.165, 1.54) is 0 Å². The van der Waals surface area contributed by atoms with Crippen LogP contribution in [0, 0.1) is 5.92 Å². The Bertz CT molecular complexity index is 827. The first-order valence-electron chi connectivity index (χ1n) is 8.11. The molecule has 25 heavy (non-hydrogen) atoms. The number of carbonyl (C=O) groups excluding carboxylic acids is 1. The third kappa shape index (κ3) is 4.40. The molecule has 1 aliphatic rings. The van der Waals surface area contributed by atoms with E-state index in [1.54, 1.807) is 36.2 Å². The summed E-state index contributed by atoms with van der Waals surface area (Å²) >= 11 is 1.54. The van der Waals surface area contributed by atoms with Gasteiger partial charge in [-0.3, -0.25) is 15.1 Å². The minimum absolute atomic E-state index is 0.00109. The normalized spacial score (nSPS) is 19.0. The molecule has 3 heterocycles. The number of amides is 1. The molecule has 0 unspecified atom stereocenters. The molecular weight excluding hydrogens is 338 g/mol. The predicted octanol–water partition coefficient (Wildman–Crippen LogP) is 2.17. The lowest BCUT2D eigenvalue weighted by molar-refractivity contribution is -0.115. The molecule has 1 saturated heterocycles. The van der Waals surface area contributed by atoms with Crippen LogP contribution in [0.4, 0.5) is 0 Å². The van der Waals surface area contributed by atoms with E-state index >= 15 is 0 Å². The smallest absolute Gasteiger partial charge is 0.274 e. The second-order valence-electron chi connectivity index (χ2n) is 6.28. The fraction of sp³-hybridized carbons (Fsp3) is 0.412. The maximum atomic E-state index is 12.2. The molecule has 7 nitrogen and oxygen atoms in total. The molecule has 132 valence electrons. The third-order valence-corrected chi connectivity index (χ3v) is 4.47. The summed E-state index contributed by atoms with van der Waals surface area (Å²) in [7, 11) is 1.65. The van der Waals surface area contributed by atoms with Crippen molar-refractivity contribution in [2.75, 3.05) is 13.7 Å². The number of aromatic nitrogens is 2. The Morgan fingerprint density at radius 1 is 1.36 bits per heavy atom. The molecule has 0 bridgehead atoms. The highest BCUT2D eigenvalue weighted by molar-refractivity contribution is 7.16. The Balaban J connectivity index is 1.77. The Morgan fingerprint density at radius 2 is 2.20 bits per heavy atom. The van der Waals surface area contributed by atoms with E-state index in [9.17, 15) is 4.79 Å². The number of thiazole rings is 1. The minimum atomic E-state index is -0.217. The first kappa shape index (κ1) is 17.5. The number of hydrogen-bond donors (Lipinski definition) is 2. The van der Waals surface area contributed by atoms with Gasteiger partial charge in [-0.25, -0.2) is 9.98 Å². The summed E-state index contributed by atoms with van der Waals surface area (Å²) in [6, 6.07) is 1.91. The molecule has 1 atom stereocenters. The monoisotopic (exact) mass is 359 g/mol. The average molecular weight is 359 g/mol. The standard InChI is InChI=1S/C17H21N5O2S/c1-10(2)4-12(8-24-3)20-17-21-13(16(23)22-17)5-11-6-15-14(7-18-11)19-9-25-15/h5-7,9-10,12H,4,8H2,1-3H3,(H2,20,21,22,23)/b13-5-/t12-/m1/s1. The summed E-state index contributed by atoms with van der Waals surface area (Å²) in [5.41, 5.74) is 3.76. The second-order valence-corrected chi connectivity index (χ2v) is 7.17. The molecular formula is C17H21N5O2S. The van der Waals surface area contributed by atoms with Gasteiger partial charge in [-0.1, -0.05) is 13.8 Å². The van der Waals surface area contributed by atoms with Crippen molar-refractivity contribution in [2.45, 2.75) is 26.3 Å². The van der Waals surface area contributed by atoms with Gasteiger partial charge >= 0.3 is 0 Å². The van der Waals surface area contributed by atoms with Gasteiger partial charge in [0.15, 0.2) is 0 Å². The van der Waals surface area contributed by atoms with Gasteiger partial charge in [0.1, 0.15) is 5.70 Å². The number of hydrogen-bond acceptors (Lipinski definition) is 6. The molecule has 3 rings (SSSR count). The van der Waals surface area contributed by atoms with Crippen LogP contribution in [0.5, 0.6) is 0 Å². The van der Waals surface area contributed by atoms with Crippen LogP contribution in [0.25, 0.3) is 16.3 Å². The second kappa shape index (κ2) is 7.71. The molecule has 0 spiro atoms. The number of carbonyl (C=O) groups is 1. The third-order valence-electron chi connectivity index (χ3n) is 3.67. The number of guanidine groups is 1. The lowest BCUT2D eigenvalue weighted by atomic mass is 10.1. The molecule has 0 saturated carbocycles. The van der Waals surface area contributed by atoms with Crippen LogP contribution in [-0.2, 0) is 9.53 Å². The molecule has 2 aromatic heterocycles. The van der Waals surface area contributed by atoms with Crippen LogP contribution in [0.3, 0.4) is 0 Å². The van der Waals surface area contributed by atoms with E-state index in [1.807, 2.05) is 6.07 Å². The van der Waals surface area contributed by atoms with Crippen LogP contribution in [-0.4, -0.2) is 41.6 Å². The highest BCUT2D eigenvalue weighted by Gasteiger charge is 2.23. The summed E-state index contributed by atoms with van der Waals surface area (Å²) < 4.78 is 6.25. The number of pyridine rings is 1. The van der Waals surface area contributed by atoms with Gasteiger partial charge in [0, 0.05) is 7.11 Å². The zero-order chi connectivity index (χ0) is 17.8. The van der Waals surface area contributed by atoms with Crippen molar-refractivity contribution >= 4 is 39.5 Å². The number of aliphatic imine (C=N–C) groups is 1. The number of ether oxygens (including phenoxy) is 1. The number of methoxy groups -OCH3 is 1. The van der Waals surface area contributed by atoms with Gasteiger partial charge in [-0.15, -0.1) is 11.3 Å². The maximum Gasteiger partial charge on any atom is 0.274 e. The largest absolute Gasteiger partial charge is 0.382 e. The Labute approximate surface area is 150 Å². The fourth-order valence-electron chi connectivity index (χ4n) is 2.64. The van der Waals surface area contributed by atoms with Gasteiger partial charge in [0.25, 0.3) is 5.91 Å². The molecule has 1 amide bonds. The van der Waals surface area contributed by atoms with Crippen LogP contribution < -0.4 is 10.6 Å². The van der Waals surface area contributed by atoms with Crippen LogP contribution in [0.15, 0.2) is 28.5 Å². The number of nitrogens with one attached hydrogen (secondary N) is 2. The minimum Gasteiger partial charge on any atom is -0.382 e. The van der Waals surface area contributed by atoms with Crippen molar-refractivity contribution in [3.05, 3.63) is 29.2 Å². The van der Waals surface area contributed by atoms with E-state index in [0.29, 0.717) is 29.9 Å². The van der Waals surface area contributed by atoms with Crippen molar-refractivity contribution < 1.29 is 9.53 Å². The highest BCUT2D eigenvalue weighted by atomic mass is 32.1. The first-order chi connectivity index (χ1) is 12.0. The zero-order valence-corrected chi connectivity index (χ0v) is 15.3. The van der Waals surface area contributed by atoms with Crippen molar-refractivity contribution in [1.29, 1.82) is 0 Å². The lowest BCUT2D eigenvalue weighted by Gasteiger charge is -2.14. The fourth-order valence-corrected chi connectivity index (χ4v) is 3.33. The molecule has 8 heteroatoms. The Morgan fingerprint density at radius 3 is 2.96 bits per heavy atom. The van der Waals surface area contributed by atoms with Crippen LogP contribution in [0.2, 0.25) is 0 Å². The summed E-state index contributed by atoms with van der Waals surface area (Å²) in [6.07, 6.45) is 4.31. The number of nitrogens with zero attached hydrogens (tertiary/aromatic N) is 3. The summed E-state index contributed by atoms with van der Waals surface area (Å²) in [4.78, 5) is 25.3. The van der Waals surface area contributed by atoms with E-state index < -0.39 is 0 Å². The molecule has 2 aromatic rings. The topological polar surface area (TPSA) is 88.5 Å². The Kier molecular flexibility index (Phi) is 5.40. The number of rotatable bonds is 6. The molecule has 0 aromatic carbocycles. The van der Waals surface area contributed by atoms with E-state index in [4.69, 9.17) is 4.74 Å². The first-order valence-corrected chi connectivity index (χ1v) is 8.99. The van der Waals surface area contributed by atoms with Crippen LogP contribution in [0.1, 0.15) is 26.0 Å². The predicted molar refractivity (Wildman–Crippen MR) is 99.2 cm³/mol. The molecule has 0 radical (unpaired) electrons. The summed E-state index contributed by atoms with van der Waals surface area (Å²) in [6.45, 7) is 4.79. The van der Waals surface area contributed by atoms with Crippen molar-refractivity contribution in [2.24, 2.45) is 10.9 Å². The summed E-state index contributed by atoms with van der Waals surface area (Å²) in [5, 5.41) is 5.79. The van der Waals surface area contributed by atoms with Gasteiger partial charge in [0.2, 0.25) is 5.96 Å². The SMILES string of the molecule is COC[C@@H](CC(C)C)N=C1NC(=O)/C(=C/c2cc3scnc3cn2)N1. The van der Waals surface area contributed by atoms with Crippen LogP contribution >= 0.6 is 11.3 Å². The summed E-state index contributed by atoms with van der Waals surface area (Å²) in [5.74, 6) is 0.732. The maximum absolute atomic E-state index is 12.2. The van der Waals surface area contributed by atoms with Crippen molar-refractivity contribution in [1.82, 2.24) is 20.6 Å². The van der Waals surface area contributed by atoms with Gasteiger partial charge in [-0.05, 0) is 24.5 Å². The van der Waals surface area contributed by atoms with Crippen molar-refractivity contribution in [3.63, 3.8) is 0 Å². The van der Waals surface area contributed by atoms with Gasteiger partial charge in [0.05, 0.1) is 40.3 Å². The highest BCUT2D eigenvalue weighted by Crippen LogP contribution is 2.19. The molecule has 1 fully saturated rings. The zero-order valence-electron chi connectivity index (χ0n) is 14.4. The van der Waals surface area contributed by atoms with E-state index in [-0.39, 0.29) is 11.9 Å². The number of fused-ring (bicyclic) bond motifs is 1. The average Bonchev–Trinajstić information content (AvgIpc) is 3.13. The molecule has 0 aliphatic carbocycles. The van der Waals surface area contributed by atoms with Gasteiger partial charge < -0.3 is 10.1 Å². The van der Waals surface area contributed by atoms with E-state index in [2.05, 4.69) is 39.4 Å². The molecule has 2 N–H and O–H groups in total. The molecule has 1 aliphatic heterocycles. The Hall–Kier alpha value is -2.32. The van der Waals surface area contributed by atoms with E-state index in [0.717, 1.165) is 16.6 Å². The lowest BCUT2D eigenvalue weighted by Crippen LogP contribution is -2.29. The van der Waals surface area contributed by atoms with Crippen molar-refractivity contribution in [3.8, 4) is 0 Å². The quantitative estimate of drug-likeness (QED) is 0.772. The van der Waals surface area contributed by atoms with Gasteiger partial charge in [-0.2, -0.15) is 0 Å².